The lowest BCUT2D eigenvalue weighted by molar-refractivity contribution is 0.171. The van der Waals surface area contributed by atoms with E-state index in [1.165, 1.54) is 12.8 Å². The van der Waals surface area contributed by atoms with E-state index in [4.69, 9.17) is 5.73 Å². The Bertz CT molecular complexity index is 137. The normalized spacial score (nSPS) is 12.9. The molecule has 0 aliphatic heterocycles. The van der Waals surface area contributed by atoms with Gasteiger partial charge < -0.3 is 10.6 Å². The minimum Gasteiger partial charge on any atom is -0.324 e. The van der Waals surface area contributed by atoms with Crippen molar-refractivity contribution in [3.8, 4) is 0 Å². The van der Waals surface area contributed by atoms with E-state index in [9.17, 15) is 0 Å². The molecule has 0 aromatic rings. The van der Waals surface area contributed by atoms with E-state index in [-0.39, 0.29) is 5.54 Å². The summed E-state index contributed by atoms with van der Waals surface area (Å²) in [5.41, 5.74) is 6.31. The van der Waals surface area contributed by atoms with Gasteiger partial charge in [-0.25, -0.2) is 0 Å². The Kier molecular flexibility index (Phi) is 6.38. The number of nitrogens with zero attached hydrogens (tertiary/aromatic N) is 1. The molecule has 0 aliphatic carbocycles. The third kappa shape index (κ3) is 3.97. The Morgan fingerprint density at radius 3 is 1.79 bits per heavy atom. The van der Waals surface area contributed by atoms with Crippen LogP contribution in [0.25, 0.3) is 0 Å². The van der Waals surface area contributed by atoms with Crippen LogP contribution in [0.2, 0.25) is 0 Å². The zero-order chi connectivity index (χ0) is 11.2. The Morgan fingerprint density at radius 2 is 1.50 bits per heavy atom. The van der Waals surface area contributed by atoms with Gasteiger partial charge in [-0.1, -0.05) is 27.7 Å². The van der Waals surface area contributed by atoms with Crippen molar-refractivity contribution in [2.75, 3.05) is 13.6 Å². The predicted octanol–water partition coefficient (Wildman–Crippen LogP) is 2.62. The zero-order valence-corrected chi connectivity index (χ0v) is 10.6. The van der Waals surface area contributed by atoms with Crippen LogP contribution in [-0.2, 0) is 0 Å². The van der Waals surface area contributed by atoms with Crippen molar-refractivity contribution in [3.05, 3.63) is 0 Å². The maximum atomic E-state index is 6.30. The molecule has 0 spiro atoms. The second-order valence-corrected chi connectivity index (χ2v) is 4.45. The highest BCUT2D eigenvalue weighted by Gasteiger charge is 2.24. The standard InChI is InChI=1S/C12H28N2/c1-6-11(7-2)14(5)10-12(13,8-3)9-4/h11H,6-10,13H2,1-5H3. The summed E-state index contributed by atoms with van der Waals surface area (Å²) in [6, 6.07) is 0.691. The quantitative estimate of drug-likeness (QED) is 0.684. The number of nitrogens with two attached hydrogens (primary N) is 1. The Labute approximate surface area is 89.9 Å². The van der Waals surface area contributed by atoms with Crippen molar-refractivity contribution in [1.82, 2.24) is 4.90 Å². The van der Waals surface area contributed by atoms with Gasteiger partial charge in [0.1, 0.15) is 0 Å². The van der Waals surface area contributed by atoms with Crippen LogP contribution in [0.4, 0.5) is 0 Å². The summed E-state index contributed by atoms with van der Waals surface area (Å²) < 4.78 is 0. The van der Waals surface area contributed by atoms with Crippen LogP contribution in [-0.4, -0.2) is 30.1 Å². The SMILES string of the molecule is CCC(CC)N(C)CC(N)(CC)CC. The monoisotopic (exact) mass is 200 g/mol. The first-order valence-electron chi connectivity index (χ1n) is 6.02. The minimum absolute atomic E-state index is 0.0113. The summed E-state index contributed by atoms with van der Waals surface area (Å²) in [6.07, 6.45) is 4.56. The van der Waals surface area contributed by atoms with Gasteiger partial charge in [-0.15, -0.1) is 0 Å². The fourth-order valence-corrected chi connectivity index (χ4v) is 2.01. The fraction of sp³-hybridized carbons (Fsp3) is 1.00. The summed E-state index contributed by atoms with van der Waals surface area (Å²) in [7, 11) is 2.20. The molecular weight excluding hydrogens is 172 g/mol. The highest BCUT2D eigenvalue weighted by Crippen LogP contribution is 2.16. The third-order valence-corrected chi connectivity index (χ3v) is 3.54. The number of rotatable bonds is 7. The van der Waals surface area contributed by atoms with Crippen molar-refractivity contribution in [1.29, 1.82) is 0 Å². The minimum atomic E-state index is 0.0113. The lowest BCUT2D eigenvalue weighted by Crippen LogP contribution is -2.50. The molecule has 2 heteroatoms. The second-order valence-electron chi connectivity index (χ2n) is 4.45. The van der Waals surface area contributed by atoms with Gasteiger partial charge in [-0.2, -0.15) is 0 Å². The van der Waals surface area contributed by atoms with Crippen molar-refractivity contribution < 1.29 is 0 Å². The molecule has 0 aromatic carbocycles. The van der Waals surface area contributed by atoms with Crippen LogP contribution in [0, 0.1) is 0 Å². The smallest absolute Gasteiger partial charge is 0.0278 e. The molecule has 0 aromatic heterocycles. The van der Waals surface area contributed by atoms with E-state index in [2.05, 4.69) is 39.6 Å². The first-order valence-corrected chi connectivity index (χ1v) is 6.02. The molecule has 0 amide bonds. The molecule has 0 unspecified atom stereocenters. The van der Waals surface area contributed by atoms with E-state index < -0.39 is 0 Å². The Balaban J connectivity index is 4.20. The van der Waals surface area contributed by atoms with Crippen LogP contribution >= 0.6 is 0 Å². The van der Waals surface area contributed by atoms with Crippen molar-refractivity contribution in [2.45, 2.75) is 65.0 Å². The lowest BCUT2D eigenvalue weighted by Gasteiger charge is -2.35. The highest BCUT2D eigenvalue weighted by atomic mass is 15.1. The molecule has 2 N–H and O–H groups in total. The average Bonchev–Trinajstić information content (AvgIpc) is 2.19. The van der Waals surface area contributed by atoms with E-state index in [0.29, 0.717) is 6.04 Å². The number of hydrogen-bond donors (Lipinski definition) is 1. The maximum absolute atomic E-state index is 6.30. The molecule has 86 valence electrons. The predicted molar refractivity (Wildman–Crippen MR) is 64.5 cm³/mol. The molecule has 0 aliphatic rings. The molecule has 0 atom stereocenters. The largest absolute Gasteiger partial charge is 0.324 e. The second kappa shape index (κ2) is 6.41. The van der Waals surface area contributed by atoms with Gasteiger partial charge in [0.2, 0.25) is 0 Å². The van der Waals surface area contributed by atoms with Gasteiger partial charge in [-0.05, 0) is 32.7 Å². The van der Waals surface area contributed by atoms with Crippen LogP contribution in [0.1, 0.15) is 53.4 Å². The van der Waals surface area contributed by atoms with Crippen molar-refractivity contribution in [2.24, 2.45) is 5.73 Å². The van der Waals surface area contributed by atoms with Gasteiger partial charge >= 0.3 is 0 Å². The molecular formula is C12H28N2. The Morgan fingerprint density at radius 1 is 1.07 bits per heavy atom. The molecule has 14 heavy (non-hydrogen) atoms. The van der Waals surface area contributed by atoms with E-state index in [1.807, 2.05) is 0 Å². The number of hydrogen-bond acceptors (Lipinski definition) is 2. The third-order valence-electron chi connectivity index (χ3n) is 3.54. The highest BCUT2D eigenvalue weighted by molar-refractivity contribution is 4.85. The maximum Gasteiger partial charge on any atom is 0.0278 e. The average molecular weight is 200 g/mol. The molecule has 0 bridgehead atoms. The van der Waals surface area contributed by atoms with Crippen LogP contribution < -0.4 is 5.73 Å². The topological polar surface area (TPSA) is 29.3 Å². The fourth-order valence-electron chi connectivity index (χ4n) is 2.01. The van der Waals surface area contributed by atoms with Gasteiger partial charge in [0.25, 0.3) is 0 Å². The molecule has 2 nitrogen and oxygen atoms in total. The molecule has 0 fully saturated rings. The molecule has 0 saturated carbocycles. The van der Waals surface area contributed by atoms with Crippen LogP contribution in [0.15, 0.2) is 0 Å². The molecule has 0 rings (SSSR count). The van der Waals surface area contributed by atoms with E-state index >= 15 is 0 Å². The molecule has 0 radical (unpaired) electrons. The zero-order valence-electron chi connectivity index (χ0n) is 10.6. The Hall–Kier alpha value is -0.0800. The molecule has 0 saturated heterocycles. The summed E-state index contributed by atoms with van der Waals surface area (Å²) in [4.78, 5) is 2.42. The van der Waals surface area contributed by atoms with Gasteiger partial charge in [0.15, 0.2) is 0 Å². The number of likely N-dealkylation sites (N-methyl/N-ethyl adjacent to an activating group) is 1. The molecule has 0 heterocycles. The lowest BCUT2D eigenvalue weighted by atomic mass is 9.93. The van der Waals surface area contributed by atoms with E-state index in [1.54, 1.807) is 0 Å². The first-order chi connectivity index (χ1) is 6.52. The van der Waals surface area contributed by atoms with E-state index in [0.717, 1.165) is 19.4 Å². The van der Waals surface area contributed by atoms with Crippen molar-refractivity contribution in [3.63, 3.8) is 0 Å². The summed E-state index contributed by atoms with van der Waals surface area (Å²) >= 11 is 0. The first kappa shape index (κ1) is 13.9. The summed E-state index contributed by atoms with van der Waals surface area (Å²) in [5.74, 6) is 0. The van der Waals surface area contributed by atoms with Gasteiger partial charge in [0, 0.05) is 18.1 Å². The van der Waals surface area contributed by atoms with Crippen molar-refractivity contribution >= 4 is 0 Å². The van der Waals surface area contributed by atoms with Crippen LogP contribution in [0.5, 0.6) is 0 Å². The van der Waals surface area contributed by atoms with Gasteiger partial charge in [0.05, 0.1) is 0 Å². The van der Waals surface area contributed by atoms with Crippen LogP contribution in [0.3, 0.4) is 0 Å². The summed E-state index contributed by atoms with van der Waals surface area (Å²) in [6.45, 7) is 9.89. The summed E-state index contributed by atoms with van der Waals surface area (Å²) in [5, 5.41) is 0. The van der Waals surface area contributed by atoms with Gasteiger partial charge in [-0.3, -0.25) is 0 Å².